The van der Waals surface area contributed by atoms with E-state index in [-0.39, 0.29) is 11.4 Å². The molecule has 0 atom stereocenters. The lowest BCUT2D eigenvalue weighted by Crippen LogP contribution is -2.29. The zero-order valence-corrected chi connectivity index (χ0v) is 11.1. The number of esters is 1. The number of thiazole rings is 1. The second kappa shape index (κ2) is 4.50. The molecule has 0 bridgehead atoms. The quantitative estimate of drug-likeness (QED) is 0.786. The normalized spacial score (nSPS) is 17.4. The van der Waals surface area contributed by atoms with Gasteiger partial charge in [-0.05, 0) is 13.0 Å². The summed E-state index contributed by atoms with van der Waals surface area (Å²) in [5.74, 6) is -0.814. The molecule has 2 heterocycles. The lowest BCUT2D eigenvalue weighted by Gasteiger charge is -2.12. The Morgan fingerprint density at radius 2 is 2.22 bits per heavy atom. The van der Waals surface area contributed by atoms with Crippen LogP contribution in [0.2, 0.25) is 0 Å². The molecule has 0 spiro atoms. The summed E-state index contributed by atoms with van der Waals surface area (Å²) >= 11 is 1.30. The van der Waals surface area contributed by atoms with Crippen molar-refractivity contribution in [1.82, 2.24) is 9.71 Å². The van der Waals surface area contributed by atoms with E-state index in [9.17, 15) is 13.2 Å². The first-order valence-corrected chi connectivity index (χ1v) is 7.02. The van der Waals surface area contributed by atoms with Gasteiger partial charge in [-0.3, -0.25) is 4.72 Å². The van der Waals surface area contributed by atoms with Crippen LogP contribution in [-0.4, -0.2) is 32.2 Å². The number of nitrogens with zero attached hydrogens (tertiary/aromatic N) is 2. The van der Waals surface area contributed by atoms with Crippen LogP contribution in [0, 0.1) is 6.92 Å². The van der Waals surface area contributed by atoms with Gasteiger partial charge in [0.1, 0.15) is 5.01 Å². The van der Waals surface area contributed by atoms with Gasteiger partial charge in [0.15, 0.2) is 5.71 Å². The summed E-state index contributed by atoms with van der Waals surface area (Å²) in [5.41, 5.74) is -0.0670. The molecule has 1 aromatic rings. The van der Waals surface area contributed by atoms with Gasteiger partial charge >= 0.3 is 16.2 Å². The summed E-state index contributed by atoms with van der Waals surface area (Å²) in [6, 6.07) is 0. The van der Waals surface area contributed by atoms with Crippen LogP contribution in [0.1, 0.15) is 9.88 Å². The van der Waals surface area contributed by atoms with E-state index < -0.39 is 16.2 Å². The molecule has 1 N–H and O–H groups in total. The number of hydrogen-bond acceptors (Lipinski definition) is 6. The minimum atomic E-state index is -3.94. The Hall–Kier alpha value is -1.74. The summed E-state index contributed by atoms with van der Waals surface area (Å²) in [6.45, 7) is 1.84. The molecule has 0 saturated heterocycles. The SMILES string of the molecule is COC(=O)C1=NS(=O)(=O)NC(c2ncc(C)s2)=C1. The predicted molar refractivity (Wildman–Crippen MR) is 66.3 cm³/mol. The lowest BCUT2D eigenvalue weighted by molar-refractivity contribution is -0.132. The Balaban J connectivity index is 2.47. The number of methoxy groups -OCH3 is 1. The fourth-order valence-electron chi connectivity index (χ4n) is 1.27. The molecule has 0 fully saturated rings. The van der Waals surface area contributed by atoms with Gasteiger partial charge in [-0.25, -0.2) is 9.78 Å². The van der Waals surface area contributed by atoms with E-state index in [1.54, 1.807) is 6.20 Å². The van der Waals surface area contributed by atoms with Crippen molar-refractivity contribution in [3.63, 3.8) is 0 Å². The highest BCUT2D eigenvalue weighted by Gasteiger charge is 2.24. The van der Waals surface area contributed by atoms with Gasteiger partial charge in [0.25, 0.3) is 0 Å². The second-order valence-electron chi connectivity index (χ2n) is 3.38. The van der Waals surface area contributed by atoms with Gasteiger partial charge in [-0.2, -0.15) is 8.42 Å². The van der Waals surface area contributed by atoms with E-state index in [4.69, 9.17) is 0 Å². The minimum absolute atomic E-state index is 0.212. The molecule has 7 nitrogen and oxygen atoms in total. The molecule has 0 radical (unpaired) electrons. The van der Waals surface area contributed by atoms with Gasteiger partial charge < -0.3 is 4.74 Å². The van der Waals surface area contributed by atoms with Crippen molar-refractivity contribution in [3.05, 3.63) is 22.2 Å². The first kappa shape index (κ1) is 12.7. The van der Waals surface area contributed by atoms with E-state index in [0.29, 0.717) is 5.01 Å². The van der Waals surface area contributed by atoms with Crippen molar-refractivity contribution in [2.45, 2.75) is 6.92 Å². The van der Waals surface area contributed by atoms with Crippen LogP contribution in [0.5, 0.6) is 0 Å². The molecule has 0 aromatic carbocycles. The number of carbonyl (C=O) groups excluding carboxylic acids is 1. The number of aryl methyl sites for hydroxylation is 1. The Morgan fingerprint density at radius 3 is 2.78 bits per heavy atom. The zero-order valence-electron chi connectivity index (χ0n) is 9.50. The maximum Gasteiger partial charge on any atom is 0.357 e. The van der Waals surface area contributed by atoms with Crippen LogP contribution in [0.3, 0.4) is 0 Å². The number of ether oxygens (including phenoxy) is 1. The summed E-state index contributed by atoms with van der Waals surface area (Å²) in [6.07, 6.45) is 2.91. The van der Waals surface area contributed by atoms with E-state index >= 15 is 0 Å². The third-order valence-electron chi connectivity index (χ3n) is 1.98. The molecule has 0 aliphatic carbocycles. The van der Waals surface area contributed by atoms with Crippen molar-refractivity contribution < 1.29 is 17.9 Å². The van der Waals surface area contributed by atoms with Gasteiger partial charge in [0, 0.05) is 11.1 Å². The Morgan fingerprint density at radius 1 is 1.50 bits per heavy atom. The first-order chi connectivity index (χ1) is 8.41. The molecule has 0 saturated carbocycles. The molecule has 96 valence electrons. The topological polar surface area (TPSA) is 97.7 Å². The third-order valence-corrected chi connectivity index (χ3v) is 3.85. The average molecular weight is 287 g/mol. The molecule has 0 amide bonds. The van der Waals surface area contributed by atoms with E-state index in [2.05, 4.69) is 18.8 Å². The van der Waals surface area contributed by atoms with Crippen molar-refractivity contribution >= 4 is 38.9 Å². The van der Waals surface area contributed by atoms with Crippen LogP contribution >= 0.6 is 11.3 Å². The predicted octanol–water partition coefficient (Wildman–Crippen LogP) is 0.254. The zero-order chi connectivity index (χ0) is 13.3. The van der Waals surface area contributed by atoms with Crippen LogP contribution in [0.4, 0.5) is 0 Å². The summed E-state index contributed by atoms with van der Waals surface area (Å²) < 4.78 is 32.9. The fraction of sp³-hybridized carbons (Fsp3) is 0.222. The van der Waals surface area contributed by atoms with Gasteiger partial charge in [-0.1, -0.05) is 0 Å². The van der Waals surface area contributed by atoms with Crippen molar-refractivity contribution in [2.75, 3.05) is 7.11 Å². The molecule has 1 aliphatic heterocycles. The third kappa shape index (κ3) is 2.57. The maximum atomic E-state index is 11.5. The maximum absolute atomic E-state index is 11.5. The molecular weight excluding hydrogens is 278 g/mol. The summed E-state index contributed by atoms with van der Waals surface area (Å²) in [7, 11) is -2.79. The number of hydrogen-bond donors (Lipinski definition) is 1. The Kier molecular flexibility index (Phi) is 3.18. The Bertz CT molecular complexity index is 657. The van der Waals surface area contributed by atoms with Crippen molar-refractivity contribution in [2.24, 2.45) is 4.40 Å². The van der Waals surface area contributed by atoms with E-state index in [1.165, 1.54) is 17.4 Å². The van der Waals surface area contributed by atoms with E-state index in [0.717, 1.165) is 12.0 Å². The van der Waals surface area contributed by atoms with Crippen LogP contribution in [-0.2, 0) is 19.7 Å². The molecule has 9 heteroatoms. The summed E-state index contributed by atoms with van der Waals surface area (Å²) in [4.78, 5) is 16.3. The standard InChI is InChI=1S/C9H9N3O4S2/c1-5-4-10-8(17-5)6-3-7(9(13)16-2)12-18(14,15)11-6/h3-4,11H,1-2H3. The van der Waals surface area contributed by atoms with Crippen LogP contribution in [0.25, 0.3) is 5.70 Å². The molecule has 1 aliphatic rings. The summed E-state index contributed by atoms with van der Waals surface area (Å²) in [5, 5.41) is 0.465. The number of rotatable bonds is 2. The average Bonchev–Trinajstić information content (AvgIpc) is 2.72. The fourth-order valence-corrected chi connectivity index (χ4v) is 2.93. The van der Waals surface area contributed by atoms with E-state index in [1.807, 2.05) is 6.92 Å². The highest BCUT2D eigenvalue weighted by atomic mass is 32.2. The number of aromatic nitrogens is 1. The second-order valence-corrected chi connectivity index (χ2v) is 5.95. The highest BCUT2D eigenvalue weighted by molar-refractivity contribution is 7.88. The molecule has 18 heavy (non-hydrogen) atoms. The molecule has 2 rings (SSSR count). The largest absolute Gasteiger partial charge is 0.464 e. The monoisotopic (exact) mass is 287 g/mol. The van der Waals surface area contributed by atoms with Gasteiger partial charge in [0.2, 0.25) is 0 Å². The van der Waals surface area contributed by atoms with Crippen LogP contribution in [0.15, 0.2) is 16.7 Å². The van der Waals surface area contributed by atoms with Crippen molar-refractivity contribution in [3.8, 4) is 0 Å². The molecule has 1 aromatic heterocycles. The number of nitrogens with one attached hydrogen (secondary N) is 1. The molecule has 0 unspecified atom stereocenters. The highest BCUT2D eigenvalue weighted by Crippen LogP contribution is 2.21. The minimum Gasteiger partial charge on any atom is -0.464 e. The van der Waals surface area contributed by atoms with Gasteiger partial charge in [0.05, 0.1) is 12.8 Å². The molecular formula is C9H9N3O4S2. The van der Waals surface area contributed by atoms with Gasteiger partial charge in [-0.15, -0.1) is 15.7 Å². The first-order valence-electron chi connectivity index (χ1n) is 4.77. The van der Waals surface area contributed by atoms with Crippen molar-refractivity contribution in [1.29, 1.82) is 0 Å². The lowest BCUT2D eigenvalue weighted by atomic mass is 10.3. The number of carbonyl (C=O) groups is 1. The Labute approximate surface area is 107 Å². The smallest absolute Gasteiger partial charge is 0.357 e. The van der Waals surface area contributed by atoms with Crippen LogP contribution < -0.4 is 4.72 Å².